The Balaban J connectivity index is 2.87. The Morgan fingerprint density at radius 1 is 1.30 bits per heavy atom. The van der Waals surface area contributed by atoms with Gasteiger partial charge in [0, 0.05) is 25.2 Å². The third-order valence-corrected chi connectivity index (χ3v) is 3.19. The number of rotatable bonds is 6. The Bertz CT molecular complexity index is 461. The molecule has 1 amide bonds. The first-order chi connectivity index (χ1) is 9.31. The van der Waals surface area contributed by atoms with Gasteiger partial charge in [-0.05, 0) is 38.2 Å². The largest absolute Gasteiger partial charge is 0.506 e. The highest BCUT2D eigenvalue weighted by molar-refractivity contribution is 6.32. The average Bonchev–Trinajstić information content (AvgIpc) is 2.36. The van der Waals surface area contributed by atoms with Gasteiger partial charge in [-0.25, -0.2) is 0 Å². The molecule has 1 aromatic rings. The fraction of sp³-hybridized carbons (Fsp3) is 0.533. The van der Waals surface area contributed by atoms with E-state index in [2.05, 4.69) is 13.8 Å². The molecule has 0 aromatic heterocycles. The second-order valence-corrected chi connectivity index (χ2v) is 6.02. The molecule has 5 heteroatoms. The zero-order chi connectivity index (χ0) is 15.3. The third kappa shape index (κ3) is 5.02. The van der Waals surface area contributed by atoms with E-state index in [9.17, 15) is 9.90 Å². The van der Waals surface area contributed by atoms with Crippen molar-refractivity contribution in [2.75, 3.05) is 33.7 Å². The summed E-state index contributed by atoms with van der Waals surface area (Å²) in [5.41, 5.74) is 0.507. The predicted molar refractivity (Wildman–Crippen MR) is 82.4 cm³/mol. The lowest BCUT2D eigenvalue weighted by atomic mass is 10.1. The van der Waals surface area contributed by atoms with E-state index in [4.69, 9.17) is 11.6 Å². The fourth-order valence-corrected chi connectivity index (χ4v) is 2.04. The minimum atomic E-state index is -0.0533. The molecule has 0 fully saturated rings. The van der Waals surface area contributed by atoms with Gasteiger partial charge in [-0.15, -0.1) is 0 Å². The molecular weight excluding hydrogens is 276 g/mol. The molecule has 112 valence electrons. The first kappa shape index (κ1) is 16.8. The summed E-state index contributed by atoms with van der Waals surface area (Å²) in [6.07, 6.45) is 0. The Morgan fingerprint density at radius 2 is 1.95 bits per heavy atom. The first-order valence-electron chi connectivity index (χ1n) is 6.73. The molecule has 0 aliphatic rings. The summed E-state index contributed by atoms with van der Waals surface area (Å²) in [7, 11) is 3.96. The van der Waals surface area contributed by atoms with Crippen LogP contribution >= 0.6 is 11.6 Å². The van der Waals surface area contributed by atoms with Gasteiger partial charge in [-0.3, -0.25) is 4.79 Å². The van der Waals surface area contributed by atoms with Crippen molar-refractivity contribution in [1.82, 2.24) is 9.80 Å². The normalized spacial score (nSPS) is 11.2. The highest BCUT2D eigenvalue weighted by atomic mass is 35.5. The van der Waals surface area contributed by atoms with Crippen molar-refractivity contribution in [2.24, 2.45) is 5.92 Å². The van der Waals surface area contributed by atoms with Gasteiger partial charge in [0.25, 0.3) is 5.91 Å². The summed E-state index contributed by atoms with van der Waals surface area (Å²) in [5, 5.41) is 9.62. The molecule has 0 bridgehead atoms. The monoisotopic (exact) mass is 298 g/mol. The van der Waals surface area contributed by atoms with E-state index in [0.29, 0.717) is 24.6 Å². The standard InChI is InChI=1S/C15H23ClN2O2/c1-11(2)10-18(8-7-17(3)4)15(20)12-5-6-14(19)13(16)9-12/h5-6,9,11,19H,7-8,10H2,1-4H3. The molecule has 0 unspecified atom stereocenters. The number of halogens is 1. The predicted octanol–water partition coefficient (Wildman–Crippen LogP) is 2.71. The molecule has 1 aromatic carbocycles. The van der Waals surface area contributed by atoms with Gasteiger partial charge >= 0.3 is 0 Å². The number of carbonyl (C=O) groups is 1. The van der Waals surface area contributed by atoms with Gasteiger partial charge in [0.05, 0.1) is 5.02 Å². The quantitative estimate of drug-likeness (QED) is 0.878. The Morgan fingerprint density at radius 3 is 2.45 bits per heavy atom. The minimum absolute atomic E-state index is 0.00748. The van der Waals surface area contributed by atoms with Crippen LogP contribution in [-0.4, -0.2) is 54.5 Å². The van der Waals surface area contributed by atoms with Gasteiger partial charge in [-0.1, -0.05) is 25.4 Å². The molecule has 0 heterocycles. The molecule has 0 saturated heterocycles. The number of hydrogen-bond acceptors (Lipinski definition) is 3. The van der Waals surface area contributed by atoms with Gasteiger partial charge in [0.1, 0.15) is 5.75 Å². The van der Waals surface area contributed by atoms with Gasteiger partial charge < -0.3 is 14.9 Å². The number of hydrogen-bond donors (Lipinski definition) is 1. The zero-order valence-corrected chi connectivity index (χ0v) is 13.3. The van der Waals surface area contributed by atoms with Crippen LogP contribution < -0.4 is 0 Å². The molecule has 20 heavy (non-hydrogen) atoms. The van der Waals surface area contributed by atoms with E-state index in [1.165, 1.54) is 12.1 Å². The second-order valence-electron chi connectivity index (χ2n) is 5.61. The van der Waals surface area contributed by atoms with E-state index in [-0.39, 0.29) is 16.7 Å². The summed E-state index contributed by atoms with van der Waals surface area (Å²) in [5.74, 6) is 0.336. The number of nitrogens with zero attached hydrogens (tertiary/aromatic N) is 2. The van der Waals surface area contributed by atoms with Crippen LogP contribution in [0.1, 0.15) is 24.2 Å². The summed E-state index contributed by atoms with van der Waals surface area (Å²) in [4.78, 5) is 16.4. The van der Waals surface area contributed by atoms with Crippen molar-refractivity contribution < 1.29 is 9.90 Å². The van der Waals surface area contributed by atoms with Gasteiger partial charge in [0.15, 0.2) is 0 Å². The smallest absolute Gasteiger partial charge is 0.253 e. The van der Waals surface area contributed by atoms with Crippen molar-refractivity contribution in [3.05, 3.63) is 28.8 Å². The average molecular weight is 299 g/mol. The molecule has 0 aliphatic heterocycles. The van der Waals surface area contributed by atoms with E-state index >= 15 is 0 Å². The number of likely N-dealkylation sites (N-methyl/N-ethyl adjacent to an activating group) is 1. The van der Waals surface area contributed by atoms with Crippen LogP contribution in [0.2, 0.25) is 5.02 Å². The lowest BCUT2D eigenvalue weighted by Crippen LogP contribution is -2.39. The number of phenols is 1. The fourth-order valence-electron chi connectivity index (χ4n) is 1.86. The highest BCUT2D eigenvalue weighted by Crippen LogP contribution is 2.24. The van der Waals surface area contributed by atoms with Crippen LogP contribution in [0, 0.1) is 5.92 Å². The van der Waals surface area contributed by atoms with E-state index in [1.54, 1.807) is 6.07 Å². The Labute approximate surface area is 125 Å². The number of aromatic hydroxyl groups is 1. The lowest BCUT2D eigenvalue weighted by molar-refractivity contribution is 0.0724. The van der Waals surface area contributed by atoms with E-state index in [1.807, 2.05) is 23.9 Å². The molecule has 1 N–H and O–H groups in total. The van der Waals surface area contributed by atoms with Crippen LogP contribution in [0.3, 0.4) is 0 Å². The topological polar surface area (TPSA) is 43.8 Å². The maximum Gasteiger partial charge on any atom is 0.253 e. The summed E-state index contributed by atoms with van der Waals surface area (Å²) in [6, 6.07) is 4.57. The van der Waals surface area contributed by atoms with E-state index in [0.717, 1.165) is 6.54 Å². The van der Waals surface area contributed by atoms with Crippen LogP contribution in [0.15, 0.2) is 18.2 Å². The van der Waals surface area contributed by atoms with Crippen molar-refractivity contribution in [3.8, 4) is 5.75 Å². The number of amides is 1. The molecule has 0 atom stereocenters. The summed E-state index contributed by atoms with van der Waals surface area (Å²) >= 11 is 5.87. The number of carbonyl (C=O) groups excluding carboxylic acids is 1. The molecule has 0 spiro atoms. The summed E-state index contributed by atoms with van der Waals surface area (Å²) in [6.45, 7) is 6.34. The SMILES string of the molecule is CC(C)CN(CCN(C)C)C(=O)c1ccc(O)c(Cl)c1. The van der Waals surface area contributed by atoms with Crippen LogP contribution in [0.25, 0.3) is 0 Å². The highest BCUT2D eigenvalue weighted by Gasteiger charge is 2.18. The maximum absolute atomic E-state index is 12.5. The molecular formula is C15H23ClN2O2. The van der Waals surface area contributed by atoms with Gasteiger partial charge in [-0.2, -0.15) is 0 Å². The lowest BCUT2D eigenvalue weighted by Gasteiger charge is -2.26. The Kier molecular flexibility index (Phi) is 6.30. The Hall–Kier alpha value is -1.26. The van der Waals surface area contributed by atoms with Crippen LogP contribution in [-0.2, 0) is 0 Å². The number of benzene rings is 1. The first-order valence-corrected chi connectivity index (χ1v) is 7.11. The van der Waals surface area contributed by atoms with Crippen molar-refractivity contribution in [2.45, 2.75) is 13.8 Å². The van der Waals surface area contributed by atoms with Crippen molar-refractivity contribution >= 4 is 17.5 Å². The van der Waals surface area contributed by atoms with Gasteiger partial charge in [0.2, 0.25) is 0 Å². The molecule has 4 nitrogen and oxygen atoms in total. The minimum Gasteiger partial charge on any atom is -0.506 e. The molecule has 1 rings (SSSR count). The van der Waals surface area contributed by atoms with Crippen molar-refractivity contribution in [3.63, 3.8) is 0 Å². The van der Waals surface area contributed by atoms with Crippen LogP contribution in [0.4, 0.5) is 0 Å². The molecule has 0 aliphatic carbocycles. The van der Waals surface area contributed by atoms with Crippen LogP contribution in [0.5, 0.6) is 5.75 Å². The van der Waals surface area contributed by atoms with E-state index < -0.39 is 0 Å². The zero-order valence-electron chi connectivity index (χ0n) is 12.6. The third-order valence-electron chi connectivity index (χ3n) is 2.88. The maximum atomic E-state index is 12.5. The second kappa shape index (κ2) is 7.50. The summed E-state index contributed by atoms with van der Waals surface area (Å²) < 4.78 is 0. The molecule has 0 saturated carbocycles. The van der Waals surface area contributed by atoms with Crippen molar-refractivity contribution in [1.29, 1.82) is 0 Å². The molecule has 0 radical (unpaired) electrons. The number of phenolic OH excluding ortho intramolecular Hbond substituents is 1.